The van der Waals surface area contributed by atoms with Crippen molar-refractivity contribution in [2.45, 2.75) is 13.8 Å². The first-order chi connectivity index (χ1) is 5.61. The third-order valence-electron chi connectivity index (χ3n) is 1.40. The topological polar surface area (TPSA) is 47.0 Å². The molecule has 0 spiro atoms. The van der Waals surface area contributed by atoms with Gasteiger partial charge in [0.25, 0.3) is 0 Å². The van der Waals surface area contributed by atoms with E-state index in [0.717, 1.165) is 0 Å². The molecule has 0 fully saturated rings. The summed E-state index contributed by atoms with van der Waals surface area (Å²) in [6.45, 7) is 2.81. The minimum absolute atomic E-state index is 0. The smallest absolute Gasteiger partial charge is 0.123 e. The fraction of sp³-hybridized carbons (Fsp3) is 0.222. The van der Waals surface area contributed by atoms with E-state index in [-0.39, 0.29) is 55.7 Å². The zero-order valence-corrected chi connectivity index (χ0v) is 10.3. The Balaban J connectivity index is 0.00000144. The molecule has 0 amide bonds. The first kappa shape index (κ1) is 12.6. The summed E-state index contributed by atoms with van der Waals surface area (Å²) in [6, 6.07) is 5.62. The molecule has 3 nitrogen and oxygen atoms in total. The molecule has 65 valence electrons. The second-order valence-electron chi connectivity index (χ2n) is 2.45. The van der Waals surface area contributed by atoms with Gasteiger partial charge in [0.1, 0.15) is 11.6 Å². The molecule has 1 heterocycles. The number of pyridine rings is 1. The summed E-state index contributed by atoms with van der Waals surface area (Å²) in [4.78, 5) is 25.5. The summed E-state index contributed by atoms with van der Waals surface area (Å²) >= 11 is 0. The van der Waals surface area contributed by atoms with E-state index in [1.54, 1.807) is 0 Å². The number of rotatable bonds is 2. The molecule has 1 radical (unpaired) electrons. The van der Waals surface area contributed by atoms with E-state index in [1.165, 1.54) is 26.0 Å². The first-order valence-electron chi connectivity index (χ1n) is 3.51. The van der Waals surface area contributed by atoms with E-state index in [4.69, 9.17) is 0 Å². The second-order valence-corrected chi connectivity index (χ2v) is 2.45. The summed E-state index contributed by atoms with van der Waals surface area (Å²) in [6.07, 6.45) is 0. The van der Waals surface area contributed by atoms with E-state index in [2.05, 4.69) is 11.1 Å². The summed E-state index contributed by atoms with van der Waals surface area (Å²) in [5.74, 6) is -0.316. The van der Waals surface area contributed by atoms with Crippen molar-refractivity contribution in [1.82, 2.24) is 4.98 Å². The van der Waals surface area contributed by atoms with Gasteiger partial charge in [-0.2, -0.15) is 6.07 Å². The van der Waals surface area contributed by atoms with Gasteiger partial charge in [-0.25, -0.2) is 0 Å². The second kappa shape index (κ2) is 5.35. The average molecular weight is 251 g/mol. The Morgan fingerprint density at radius 1 is 1.15 bits per heavy atom. The van der Waals surface area contributed by atoms with Gasteiger partial charge in [-0.1, -0.05) is 0 Å². The SMILES string of the molecule is CC(=O)c1c[c-]cc(C(C)=O)n1.[Y]. The van der Waals surface area contributed by atoms with Gasteiger partial charge in [-0.15, -0.1) is 12.1 Å². The van der Waals surface area contributed by atoms with Gasteiger partial charge >= 0.3 is 0 Å². The molecule has 4 heteroatoms. The van der Waals surface area contributed by atoms with E-state index in [0.29, 0.717) is 0 Å². The van der Waals surface area contributed by atoms with Crippen LogP contribution in [0.3, 0.4) is 0 Å². The van der Waals surface area contributed by atoms with Crippen LogP contribution in [0.25, 0.3) is 0 Å². The van der Waals surface area contributed by atoms with Crippen LogP contribution in [-0.2, 0) is 32.7 Å². The molecule has 0 aliphatic rings. The van der Waals surface area contributed by atoms with Gasteiger partial charge in [0.15, 0.2) is 0 Å². The van der Waals surface area contributed by atoms with Gasteiger partial charge < -0.3 is 14.6 Å². The average Bonchev–Trinajstić information content (AvgIpc) is 2.04. The molecule has 13 heavy (non-hydrogen) atoms. The van der Waals surface area contributed by atoms with Crippen LogP contribution in [0, 0.1) is 6.07 Å². The van der Waals surface area contributed by atoms with Crippen molar-refractivity contribution in [3.05, 3.63) is 29.6 Å². The number of Topliss-reactive ketones (excluding diaryl/α,β-unsaturated/α-hetero) is 2. The maximum absolute atomic E-state index is 10.8. The van der Waals surface area contributed by atoms with Gasteiger partial charge in [0.2, 0.25) is 0 Å². The van der Waals surface area contributed by atoms with Gasteiger partial charge in [-0.3, -0.25) is 0 Å². The van der Waals surface area contributed by atoms with Crippen molar-refractivity contribution in [2.24, 2.45) is 0 Å². The Morgan fingerprint density at radius 2 is 1.54 bits per heavy atom. The van der Waals surface area contributed by atoms with E-state index < -0.39 is 0 Å². The minimum Gasteiger partial charge on any atom is -0.369 e. The molecule has 0 unspecified atom stereocenters. The summed E-state index contributed by atoms with van der Waals surface area (Å²) in [7, 11) is 0. The number of ketones is 2. The van der Waals surface area contributed by atoms with Crippen molar-refractivity contribution in [1.29, 1.82) is 0 Å². The van der Waals surface area contributed by atoms with Crippen LogP contribution < -0.4 is 0 Å². The third kappa shape index (κ3) is 3.45. The number of carbonyl (C=O) groups is 2. The molecule has 0 aliphatic carbocycles. The molecule has 1 aromatic rings. The number of aromatic nitrogens is 1. The Labute approximate surface area is 102 Å². The van der Waals surface area contributed by atoms with Gasteiger partial charge in [-0.05, 0) is 25.2 Å². The molecule has 0 saturated carbocycles. The zero-order valence-electron chi connectivity index (χ0n) is 7.50. The molecule has 1 rings (SSSR count). The standard InChI is InChI=1S/C9H8NO2.Y/c1-6(11)8-4-3-5-9(10-8)7(2)12;/h4-5H,1-2H3;/q-1;. The van der Waals surface area contributed by atoms with Crippen LogP contribution in [-0.4, -0.2) is 16.6 Å². The maximum atomic E-state index is 10.8. The third-order valence-corrected chi connectivity index (χ3v) is 1.40. The van der Waals surface area contributed by atoms with Gasteiger partial charge in [0.05, 0.1) is 0 Å². The van der Waals surface area contributed by atoms with Gasteiger partial charge in [0, 0.05) is 32.7 Å². The summed E-state index contributed by atoms with van der Waals surface area (Å²) in [5.41, 5.74) is 0.561. The molecule has 0 aliphatic heterocycles. The first-order valence-corrected chi connectivity index (χ1v) is 3.51. The van der Waals surface area contributed by atoms with Crippen molar-refractivity contribution >= 4 is 11.6 Å². The molecule has 0 N–H and O–H groups in total. The Morgan fingerprint density at radius 3 is 1.85 bits per heavy atom. The number of hydrogen-bond acceptors (Lipinski definition) is 3. The van der Waals surface area contributed by atoms with Crippen molar-refractivity contribution in [3.63, 3.8) is 0 Å². The molecule has 0 aromatic carbocycles. The van der Waals surface area contributed by atoms with Crippen LogP contribution in [0.4, 0.5) is 0 Å². The molecule has 1 aromatic heterocycles. The minimum atomic E-state index is -0.158. The maximum Gasteiger partial charge on any atom is 0.123 e. The molecule has 0 bridgehead atoms. The largest absolute Gasteiger partial charge is 0.369 e. The van der Waals surface area contributed by atoms with Crippen LogP contribution in [0.1, 0.15) is 34.8 Å². The predicted molar refractivity (Wildman–Crippen MR) is 43.1 cm³/mol. The number of hydrogen-bond donors (Lipinski definition) is 0. The van der Waals surface area contributed by atoms with Crippen molar-refractivity contribution < 1.29 is 42.3 Å². The normalized spacial score (nSPS) is 8.77. The Bertz CT molecular complexity index is 307. The monoisotopic (exact) mass is 251 g/mol. The fourth-order valence-corrected chi connectivity index (χ4v) is 0.755. The van der Waals surface area contributed by atoms with E-state index in [9.17, 15) is 9.59 Å². The quantitative estimate of drug-likeness (QED) is 0.587. The van der Waals surface area contributed by atoms with Crippen molar-refractivity contribution in [2.75, 3.05) is 0 Å². The Kier molecular flexibility index (Phi) is 5.18. The fourth-order valence-electron chi connectivity index (χ4n) is 0.755. The van der Waals surface area contributed by atoms with Crippen molar-refractivity contribution in [3.8, 4) is 0 Å². The molecule has 0 saturated heterocycles. The van der Waals surface area contributed by atoms with Crippen LogP contribution in [0.2, 0.25) is 0 Å². The summed E-state index contributed by atoms with van der Waals surface area (Å²) in [5, 5.41) is 0. The van der Waals surface area contributed by atoms with E-state index >= 15 is 0 Å². The Hall–Kier alpha value is -0.406. The number of nitrogens with zero attached hydrogens (tertiary/aromatic N) is 1. The molecule has 0 atom stereocenters. The van der Waals surface area contributed by atoms with E-state index in [1.807, 2.05) is 0 Å². The van der Waals surface area contributed by atoms with Crippen LogP contribution >= 0.6 is 0 Å². The van der Waals surface area contributed by atoms with Crippen LogP contribution in [0.5, 0.6) is 0 Å². The molecular weight excluding hydrogens is 243 g/mol. The predicted octanol–water partition coefficient (Wildman–Crippen LogP) is 1.28. The zero-order chi connectivity index (χ0) is 9.14. The van der Waals surface area contributed by atoms with Crippen LogP contribution in [0.15, 0.2) is 12.1 Å². The molecular formula is C9H8NO2Y-. The number of carbonyl (C=O) groups excluding carboxylic acids is 2. The summed E-state index contributed by atoms with van der Waals surface area (Å²) < 4.78 is 0.